The van der Waals surface area contributed by atoms with Gasteiger partial charge in [0.2, 0.25) is 10.0 Å². The van der Waals surface area contributed by atoms with E-state index in [9.17, 15) is 17.6 Å². The lowest BCUT2D eigenvalue weighted by atomic mass is 10.2. The molecule has 2 heterocycles. The standard InChI is InChI=1S/C18H19FN4O3S/c1-12-10-14-15(21-18(24)20-14)11-17(12)27(25,26)23-8-6-22(7-9-23)16-5-3-2-4-13(16)19/h2-5,10-11H,6-9H2,1H3,(H2,20,21,24). The van der Waals surface area contributed by atoms with E-state index in [4.69, 9.17) is 0 Å². The Bertz CT molecular complexity index is 1160. The monoisotopic (exact) mass is 390 g/mol. The molecule has 3 aromatic rings. The summed E-state index contributed by atoms with van der Waals surface area (Å²) in [6, 6.07) is 9.62. The first-order valence-electron chi connectivity index (χ1n) is 8.58. The van der Waals surface area contributed by atoms with Crippen molar-refractivity contribution in [2.24, 2.45) is 0 Å². The first-order chi connectivity index (χ1) is 12.9. The van der Waals surface area contributed by atoms with Gasteiger partial charge in [-0.1, -0.05) is 12.1 Å². The third-order valence-electron chi connectivity index (χ3n) is 4.86. The van der Waals surface area contributed by atoms with Gasteiger partial charge >= 0.3 is 5.69 Å². The van der Waals surface area contributed by atoms with Crippen LogP contribution >= 0.6 is 0 Å². The summed E-state index contributed by atoms with van der Waals surface area (Å²) in [7, 11) is -3.71. The van der Waals surface area contributed by atoms with Crippen molar-refractivity contribution in [1.29, 1.82) is 0 Å². The number of benzene rings is 2. The van der Waals surface area contributed by atoms with Gasteiger partial charge in [-0.05, 0) is 36.8 Å². The number of hydrogen-bond acceptors (Lipinski definition) is 4. The number of sulfonamides is 1. The van der Waals surface area contributed by atoms with E-state index in [0.717, 1.165) is 0 Å². The van der Waals surface area contributed by atoms with Crippen LogP contribution in [0.25, 0.3) is 11.0 Å². The van der Waals surface area contributed by atoms with E-state index in [2.05, 4.69) is 9.97 Å². The molecular weight excluding hydrogens is 371 g/mol. The normalized spacial score (nSPS) is 16.1. The summed E-state index contributed by atoms with van der Waals surface area (Å²) < 4.78 is 41.6. The number of rotatable bonds is 3. The molecule has 2 N–H and O–H groups in total. The fraction of sp³-hybridized carbons (Fsp3) is 0.278. The second kappa shape index (κ2) is 6.50. The van der Waals surface area contributed by atoms with Crippen molar-refractivity contribution in [3.8, 4) is 0 Å². The van der Waals surface area contributed by atoms with Crippen molar-refractivity contribution < 1.29 is 12.8 Å². The molecule has 0 spiro atoms. The number of fused-ring (bicyclic) bond motifs is 1. The maximum atomic E-state index is 14.0. The van der Waals surface area contributed by atoms with E-state index in [0.29, 0.717) is 35.4 Å². The van der Waals surface area contributed by atoms with Crippen LogP contribution in [-0.4, -0.2) is 48.9 Å². The summed E-state index contributed by atoms with van der Waals surface area (Å²) in [6.45, 7) is 3.04. The number of hydrogen-bond donors (Lipinski definition) is 2. The van der Waals surface area contributed by atoms with E-state index in [1.54, 1.807) is 31.2 Å². The molecular formula is C18H19FN4O3S. The maximum Gasteiger partial charge on any atom is 0.323 e. The third kappa shape index (κ3) is 3.13. The van der Waals surface area contributed by atoms with Crippen LogP contribution in [0.15, 0.2) is 46.1 Å². The zero-order valence-electron chi connectivity index (χ0n) is 14.7. The van der Waals surface area contributed by atoms with Crippen molar-refractivity contribution in [2.45, 2.75) is 11.8 Å². The van der Waals surface area contributed by atoms with Gasteiger partial charge in [0.15, 0.2) is 0 Å². The van der Waals surface area contributed by atoms with Crippen molar-refractivity contribution in [3.63, 3.8) is 0 Å². The van der Waals surface area contributed by atoms with Crippen LogP contribution in [0.4, 0.5) is 10.1 Å². The lowest BCUT2D eigenvalue weighted by molar-refractivity contribution is 0.383. The topological polar surface area (TPSA) is 89.3 Å². The Kier molecular flexibility index (Phi) is 4.27. The Hall–Kier alpha value is -2.65. The highest BCUT2D eigenvalue weighted by Gasteiger charge is 2.30. The van der Waals surface area contributed by atoms with Gasteiger partial charge in [0.05, 0.1) is 21.6 Å². The van der Waals surface area contributed by atoms with E-state index < -0.39 is 10.0 Å². The molecule has 0 unspecified atom stereocenters. The molecule has 0 amide bonds. The number of para-hydroxylation sites is 1. The zero-order valence-corrected chi connectivity index (χ0v) is 15.5. The Labute approximate surface area is 155 Å². The number of nitrogens with zero attached hydrogens (tertiary/aromatic N) is 2. The molecule has 1 aromatic heterocycles. The number of aromatic nitrogens is 2. The molecule has 0 saturated carbocycles. The van der Waals surface area contributed by atoms with Gasteiger partial charge in [0, 0.05) is 26.2 Å². The molecule has 0 radical (unpaired) electrons. The molecule has 2 aromatic carbocycles. The number of imidazole rings is 1. The summed E-state index contributed by atoms with van der Waals surface area (Å²) in [6.07, 6.45) is 0. The van der Waals surface area contributed by atoms with E-state index >= 15 is 0 Å². The van der Waals surface area contributed by atoms with E-state index in [1.165, 1.54) is 16.4 Å². The Morgan fingerprint density at radius 2 is 1.63 bits per heavy atom. The molecule has 0 aliphatic carbocycles. The smallest absolute Gasteiger partial charge is 0.323 e. The third-order valence-corrected chi connectivity index (χ3v) is 6.90. The van der Waals surface area contributed by atoms with Crippen molar-refractivity contribution in [2.75, 3.05) is 31.1 Å². The molecule has 1 fully saturated rings. The molecule has 27 heavy (non-hydrogen) atoms. The molecule has 142 valence electrons. The van der Waals surface area contributed by atoms with E-state index in [1.807, 2.05) is 4.90 Å². The summed E-state index contributed by atoms with van der Waals surface area (Å²) in [4.78, 5) is 18.7. The lowest BCUT2D eigenvalue weighted by Crippen LogP contribution is -2.49. The summed E-state index contributed by atoms with van der Waals surface area (Å²) in [5.74, 6) is -0.313. The van der Waals surface area contributed by atoms with Crippen molar-refractivity contribution >= 4 is 26.7 Å². The summed E-state index contributed by atoms with van der Waals surface area (Å²) in [5.41, 5.74) is 1.69. The Morgan fingerprint density at radius 3 is 2.30 bits per heavy atom. The Morgan fingerprint density at radius 1 is 1.00 bits per heavy atom. The fourth-order valence-electron chi connectivity index (χ4n) is 3.47. The highest BCUT2D eigenvalue weighted by molar-refractivity contribution is 7.89. The van der Waals surface area contributed by atoms with Crippen molar-refractivity contribution in [3.05, 3.63) is 58.3 Å². The number of halogens is 1. The minimum Gasteiger partial charge on any atom is -0.367 e. The fourth-order valence-corrected chi connectivity index (χ4v) is 5.12. The largest absolute Gasteiger partial charge is 0.367 e. The van der Waals surface area contributed by atoms with Gasteiger partial charge in [0.1, 0.15) is 5.82 Å². The highest BCUT2D eigenvalue weighted by atomic mass is 32.2. The minimum absolute atomic E-state index is 0.171. The minimum atomic E-state index is -3.71. The number of anilines is 1. The number of piperazine rings is 1. The highest BCUT2D eigenvalue weighted by Crippen LogP contribution is 2.26. The molecule has 0 atom stereocenters. The van der Waals surface area contributed by atoms with Crippen LogP contribution in [-0.2, 0) is 10.0 Å². The van der Waals surface area contributed by atoms with Crippen LogP contribution in [0.5, 0.6) is 0 Å². The van der Waals surface area contributed by atoms with Gasteiger partial charge in [-0.15, -0.1) is 0 Å². The SMILES string of the molecule is Cc1cc2[nH]c(=O)[nH]c2cc1S(=O)(=O)N1CCN(c2ccccc2F)CC1. The first kappa shape index (κ1) is 17.7. The predicted octanol–water partition coefficient (Wildman–Crippen LogP) is 1.81. The molecule has 9 heteroatoms. The van der Waals surface area contributed by atoms with Crippen LogP contribution < -0.4 is 10.6 Å². The van der Waals surface area contributed by atoms with Crippen LogP contribution in [0.1, 0.15) is 5.56 Å². The van der Waals surface area contributed by atoms with E-state index in [-0.39, 0.29) is 29.5 Å². The zero-order chi connectivity index (χ0) is 19.2. The number of H-pyrrole nitrogens is 2. The second-order valence-corrected chi connectivity index (χ2v) is 8.49. The molecule has 1 aliphatic rings. The number of aryl methyl sites for hydroxylation is 1. The first-order valence-corrected chi connectivity index (χ1v) is 10.0. The number of nitrogens with one attached hydrogen (secondary N) is 2. The van der Waals surface area contributed by atoms with Crippen LogP contribution in [0.2, 0.25) is 0 Å². The van der Waals surface area contributed by atoms with Gasteiger partial charge in [-0.3, -0.25) is 0 Å². The second-order valence-electron chi connectivity index (χ2n) is 6.58. The van der Waals surface area contributed by atoms with Gasteiger partial charge in [0.25, 0.3) is 0 Å². The quantitative estimate of drug-likeness (QED) is 0.714. The van der Waals surface area contributed by atoms with Gasteiger partial charge in [-0.2, -0.15) is 4.31 Å². The maximum absolute atomic E-state index is 14.0. The predicted molar refractivity (Wildman–Crippen MR) is 101 cm³/mol. The van der Waals surface area contributed by atoms with Crippen molar-refractivity contribution in [1.82, 2.24) is 14.3 Å². The average Bonchev–Trinajstić information content (AvgIpc) is 3.00. The summed E-state index contributed by atoms with van der Waals surface area (Å²) in [5, 5.41) is 0. The van der Waals surface area contributed by atoms with Gasteiger partial charge in [-0.25, -0.2) is 17.6 Å². The molecule has 1 saturated heterocycles. The molecule has 4 rings (SSSR count). The molecule has 0 bridgehead atoms. The molecule has 1 aliphatic heterocycles. The van der Waals surface area contributed by atoms with Crippen LogP contribution in [0.3, 0.4) is 0 Å². The number of aromatic amines is 2. The lowest BCUT2D eigenvalue weighted by Gasteiger charge is -2.35. The van der Waals surface area contributed by atoms with Crippen LogP contribution in [0, 0.1) is 12.7 Å². The Balaban J connectivity index is 1.60. The average molecular weight is 390 g/mol. The van der Waals surface area contributed by atoms with Gasteiger partial charge < -0.3 is 14.9 Å². The summed E-state index contributed by atoms with van der Waals surface area (Å²) >= 11 is 0. The molecule has 7 nitrogen and oxygen atoms in total.